The van der Waals surface area contributed by atoms with Gasteiger partial charge in [0.05, 0.1) is 16.6 Å². The van der Waals surface area contributed by atoms with Crippen LogP contribution in [0.4, 0.5) is 0 Å². The highest BCUT2D eigenvalue weighted by Crippen LogP contribution is 2.22. The molecule has 2 heterocycles. The Hall–Kier alpha value is -2.44. The number of ether oxygens (including phenoxy) is 1. The molecule has 0 bridgehead atoms. The molecule has 1 N–H and O–H groups in total. The van der Waals surface area contributed by atoms with Gasteiger partial charge in [0.25, 0.3) is 5.91 Å². The van der Waals surface area contributed by atoms with E-state index in [0.717, 1.165) is 25.7 Å². The lowest BCUT2D eigenvalue weighted by Crippen LogP contribution is -2.38. The minimum absolute atomic E-state index is 0.187. The number of pyridine rings is 1. The van der Waals surface area contributed by atoms with Crippen LogP contribution in [0.2, 0.25) is 0 Å². The van der Waals surface area contributed by atoms with Gasteiger partial charge in [-0.2, -0.15) is 5.10 Å². The third-order valence-corrected chi connectivity index (χ3v) is 5.12. The number of esters is 1. The number of carbonyl (C=O) groups is 2. The topological polar surface area (TPSA) is 86.1 Å². The van der Waals surface area contributed by atoms with E-state index in [-0.39, 0.29) is 18.6 Å². The Kier molecular flexibility index (Phi) is 6.08. The molecule has 1 fully saturated rings. The fourth-order valence-corrected chi connectivity index (χ4v) is 3.81. The van der Waals surface area contributed by atoms with Crippen molar-refractivity contribution in [2.75, 3.05) is 6.61 Å². The van der Waals surface area contributed by atoms with Crippen LogP contribution in [0.15, 0.2) is 6.07 Å². The molecule has 1 aliphatic carbocycles. The molecule has 3 rings (SSSR count). The minimum Gasteiger partial charge on any atom is -0.452 e. The number of fused-ring (bicyclic) bond motifs is 1. The summed E-state index contributed by atoms with van der Waals surface area (Å²) < 4.78 is 6.95. The molecule has 146 valence electrons. The summed E-state index contributed by atoms with van der Waals surface area (Å²) in [5.74, 6) is -0.756. The summed E-state index contributed by atoms with van der Waals surface area (Å²) in [7, 11) is 1.79. The monoisotopic (exact) mass is 372 g/mol. The predicted molar refractivity (Wildman–Crippen MR) is 103 cm³/mol. The number of carbonyl (C=O) groups excluding carboxylic acids is 2. The summed E-state index contributed by atoms with van der Waals surface area (Å²) in [5.41, 5.74) is 2.46. The molecule has 2 aromatic heterocycles. The van der Waals surface area contributed by atoms with E-state index in [4.69, 9.17) is 4.74 Å². The lowest BCUT2D eigenvalue weighted by Gasteiger charge is -2.20. The highest BCUT2D eigenvalue weighted by Gasteiger charge is 2.20. The van der Waals surface area contributed by atoms with Crippen LogP contribution in [0.25, 0.3) is 11.0 Å². The standard InChI is InChI=1S/C20H28N4O3/c1-13-11-16(18-14(2)23-24(3)19(18)21-13)20(26)27-12-17(25)22-15-9-7-5-4-6-8-10-15/h11,15H,4-10,12H2,1-3H3,(H,22,25). The van der Waals surface area contributed by atoms with Crippen molar-refractivity contribution in [2.45, 2.75) is 64.8 Å². The number of nitrogens with one attached hydrogen (secondary N) is 1. The molecule has 1 aliphatic rings. The number of aromatic nitrogens is 3. The highest BCUT2D eigenvalue weighted by atomic mass is 16.5. The van der Waals surface area contributed by atoms with Crippen molar-refractivity contribution in [3.8, 4) is 0 Å². The summed E-state index contributed by atoms with van der Waals surface area (Å²) in [6.45, 7) is 3.38. The first kappa shape index (κ1) is 19.3. The summed E-state index contributed by atoms with van der Waals surface area (Å²) in [4.78, 5) is 29.3. The zero-order valence-electron chi connectivity index (χ0n) is 16.4. The number of rotatable bonds is 4. The van der Waals surface area contributed by atoms with Crippen LogP contribution in [0.3, 0.4) is 0 Å². The van der Waals surface area contributed by atoms with Gasteiger partial charge in [0.1, 0.15) is 0 Å². The van der Waals surface area contributed by atoms with Gasteiger partial charge in [-0.3, -0.25) is 9.48 Å². The molecule has 0 spiro atoms. The average Bonchev–Trinajstić information content (AvgIpc) is 2.88. The normalized spacial score (nSPS) is 16.0. The van der Waals surface area contributed by atoms with Crippen molar-refractivity contribution in [3.63, 3.8) is 0 Å². The van der Waals surface area contributed by atoms with E-state index in [1.54, 1.807) is 17.8 Å². The number of aryl methyl sites for hydroxylation is 3. The van der Waals surface area contributed by atoms with Gasteiger partial charge in [0, 0.05) is 18.8 Å². The van der Waals surface area contributed by atoms with Crippen LogP contribution in [0.1, 0.15) is 66.7 Å². The second-order valence-electron chi connectivity index (χ2n) is 7.40. The molecule has 0 aromatic carbocycles. The largest absolute Gasteiger partial charge is 0.452 e. The second-order valence-corrected chi connectivity index (χ2v) is 7.40. The summed E-state index contributed by atoms with van der Waals surface area (Å²) in [5, 5.41) is 8.02. The molecule has 7 nitrogen and oxygen atoms in total. The fraction of sp³-hybridized carbons (Fsp3) is 0.600. The predicted octanol–water partition coefficient (Wildman–Crippen LogP) is 2.97. The Labute approximate surface area is 159 Å². The SMILES string of the molecule is Cc1cc(C(=O)OCC(=O)NC2CCCCCCC2)c2c(C)nn(C)c2n1. The Bertz CT molecular complexity index is 835. The van der Waals surface area contributed by atoms with E-state index in [1.807, 2.05) is 13.8 Å². The van der Waals surface area contributed by atoms with Crippen molar-refractivity contribution < 1.29 is 14.3 Å². The minimum atomic E-state index is -0.519. The van der Waals surface area contributed by atoms with Crippen molar-refractivity contribution in [1.82, 2.24) is 20.1 Å². The van der Waals surface area contributed by atoms with Gasteiger partial charge in [0.2, 0.25) is 0 Å². The molecule has 27 heavy (non-hydrogen) atoms. The van der Waals surface area contributed by atoms with Crippen molar-refractivity contribution in [2.24, 2.45) is 7.05 Å². The van der Waals surface area contributed by atoms with Gasteiger partial charge in [0.15, 0.2) is 12.3 Å². The van der Waals surface area contributed by atoms with E-state index < -0.39 is 5.97 Å². The van der Waals surface area contributed by atoms with Crippen LogP contribution in [-0.4, -0.2) is 39.3 Å². The van der Waals surface area contributed by atoms with Crippen LogP contribution < -0.4 is 5.32 Å². The fourth-order valence-electron chi connectivity index (χ4n) is 3.81. The van der Waals surface area contributed by atoms with Crippen molar-refractivity contribution in [3.05, 3.63) is 23.0 Å². The van der Waals surface area contributed by atoms with Gasteiger partial charge in [-0.1, -0.05) is 32.1 Å². The van der Waals surface area contributed by atoms with E-state index in [0.29, 0.717) is 28.0 Å². The van der Waals surface area contributed by atoms with E-state index >= 15 is 0 Å². The Balaban J connectivity index is 1.64. The molecule has 0 unspecified atom stereocenters. The highest BCUT2D eigenvalue weighted by molar-refractivity contribution is 6.04. The average molecular weight is 372 g/mol. The molecule has 2 aromatic rings. The molecule has 0 atom stereocenters. The van der Waals surface area contributed by atoms with Crippen LogP contribution in [-0.2, 0) is 16.6 Å². The molecule has 0 saturated heterocycles. The van der Waals surface area contributed by atoms with Gasteiger partial charge in [-0.25, -0.2) is 9.78 Å². The van der Waals surface area contributed by atoms with Gasteiger partial charge in [-0.05, 0) is 32.8 Å². The zero-order valence-corrected chi connectivity index (χ0v) is 16.4. The molecule has 7 heteroatoms. The van der Waals surface area contributed by atoms with Crippen LogP contribution >= 0.6 is 0 Å². The smallest absolute Gasteiger partial charge is 0.339 e. The summed E-state index contributed by atoms with van der Waals surface area (Å²) in [6, 6.07) is 1.87. The number of nitrogens with zero attached hydrogens (tertiary/aromatic N) is 3. The third kappa shape index (κ3) is 4.64. The number of hydrogen-bond acceptors (Lipinski definition) is 5. The molecule has 0 radical (unpaired) electrons. The van der Waals surface area contributed by atoms with Gasteiger partial charge >= 0.3 is 5.97 Å². The number of amides is 1. The first-order valence-electron chi connectivity index (χ1n) is 9.73. The lowest BCUT2D eigenvalue weighted by molar-refractivity contribution is -0.125. The molecule has 1 saturated carbocycles. The second kappa shape index (κ2) is 8.50. The first-order valence-corrected chi connectivity index (χ1v) is 9.73. The summed E-state index contributed by atoms with van der Waals surface area (Å²) >= 11 is 0. The molecular formula is C20H28N4O3. The quantitative estimate of drug-likeness (QED) is 0.834. The lowest BCUT2D eigenvalue weighted by atomic mass is 9.97. The Morgan fingerprint density at radius 3 is 2.56 bits per heavy atom. The Morgan fingerprint density at radius 2 is 1.85 bits per heavy atom. The maximum Gasteiger partial charge on any atom is 0.339 e. The van der Waals surface area contributed by atoms with E-state index in [9.17, 15) is 9.59 Å². The van der Waals surface area contributed by atoms with Gasteiger partial charge in [-0.15, -0.1) is 0 Å². The van der Waals surface area contributed by atoms with Crippen LogP contribution in [0.5, 0.6) is 0 Å². The number of hydrogen-bond donors (Lipinski definition) is 1. The maximum absolute atomic E-state index is 12.6. The summed E-state index contributed by atoms with van der Waals surface area (Å²) in [6.07, 6.45) is 8.01. The van der Waals surface area contributed by atoms with E-state index in [1.165, 1.54) is 19.3 Å². The van der Waals surface area contributed by atoms with Crippen molar-refractivity contribution >= 4 is 22.9 Å². The molecular weight excluding hydrogens is 344 g/mol. The van der Waals surface area contributed by atoms with Crippen molar-refractivity contribution in [1.29, 1.82) is 0 Å². The zero-order chi connectivity index (χ0) is 19.4. The van der Waals surface area contributed by atoms with Crippen LogP contribution in [0, 0.1) is 13.8 Å². The third-order valence-electron chi connectivity index (χ3n) is 5.12. The molecule has 1 amide bonds. The Morgan fingerprint density at radius 1 is 1.19 bits per heavy atom. The maximum atomic E-state index is 12.6. The van der Waals surface area contributed by atoms with E-state index in [2.05, 4.69) is 15.4 Å². The molecule has 0 aliphatic heterocycles. The van der Waals surface area contributed by atoms with Gasteiger partial charge < -0.3 is 10.1 Å². The first-order chi connectivity index (χ1) is 13.0.